The van der Waals surface area contributed by atoms with Gasteiger partial charge in [-0.05, 0) is 12.1 Å². The fourth-order valence-corrected chi connectivity index (χ4v) is 1.41. The maximum absolute atomic E-state index is 11.0. The van der Waals surface area contributed by atoms with Crippen molar-refractivity contribution in [3.63, 3.8) is 0 Å². The van der Waals surface area contributed by atoms with Crippen molar-refractivity contribution < 1.29 is 8.42 Å². The topological polar surface area (TPSA) is 48.2 Å². The van der Waals surface area contributed by atoms with Crippen LogP contribution in [0, 0.1) is 0 Å². The molecule has 0 radical (unpaired) electrons. The Bertz CT molecular complexity index is 318. The summed E-state index contributed by atoms with van der Waals surface area (Å²) in [5.74, 6) is 0. The molecule has 4 heteroatoms. The van der Waals surface area contributed by atoms with Crippen LogP contribution in [-0.2, 0) is 10.0 Å². The molecule has 0 unspecified atom stereocenters. The zero-order valence-electron chi connectivity index (χ0n) is 6.06. The van der Waals surface area contributed by atoms with Crippen molar-refractivity contribution in [2.24, 2.45) is 0 Å². The zero-order chi connectivity index (χ0) is 8.32. The van der Waals surface area contributed by atoms with Crippen LogP contribution in [0.25, 0.3) is 4.72 Å². The summed E-state index contributed by atoms with van der Waals surface area (Å²) in [4.78, 5) is 0.238. The van der Waals surface area contributed by atoms with Crippen LogP contribution in [0.4, 0.5) is 0 Å². The summed E-state index contributed by atoms with van der Waals surface area (Å²) in [6, 6.07) is 8.12. The fourth-order valence-electron chi connectivity index (χ4n) is 0.698. The summed E-state index contributed by atoms with van der Waals surface area (Å²) in [6.07, 6.45) is 0. The smallest absolute Gasteiger partial charge is 0.101 e. The Morgan fingerprint density at radius 2 is 1.73 bits per heavy atom. The first-order valence-corrected chi connectivity index (χ1v) is 4.52. The Hall–Kier alpha value is -0.870. The minimum Gasteiger partial charge on any atom is -0.547 e. The molecule has 0 amide bonds. The molecule has 0 saturated heterocycles. The number of sulfonamides is 1. The van der Waals surface area contributed by atoms with E-state index < -0.39 is 10.0 Å². The third-order valence-corrected chi connectivity index (χ3v) is 2.63. The predicted molar refractivity (Wildman–Crippen MR) is 42.9 cm³/mol. The first-order chi connectivity index (χ1) is 5.17. The molecule has 1 rings (SSSR count). The van der Waals surface area contributed by atoms with Gasteiger partial charge in [0.2, 0.25) is 0 Å². The summed E-state index contributed by atoms with van der Waals surface area (Å²) in [5.41, 5.74) is 0. The molecule has 0 atom stereocenters. The highest BCUT2D eigenvalue weighted by atomic mass is 32.2. The van der Waals surface area contributed by atoms with Gasteiger partial charge in [0.15, 0.2) is 0 Å². The van der Waals surface area contributed by atoms with E-state index in [4.69, 9.17) is 0 Å². The molecule has 3 nitrogen and oxygen atoms in total. The first-order valence-electron chi connectivity index (χ1n) is 3.08. The third-order valence-electron chi connectivity index (χ3n) is 1.28. The SMILES string of the molecule is C[N-]S(=O)(=O)c1ccccc1. The molecule has 0 aliphatic heterocycles. The highest BCUT2D eigenvalue weighted by Gasteiger charge is 1.98. The normalized spacial score (nSPS) is 11.4. The molecule has 11 heavy (non-hydrogen) atoms. The number of nitrogens with zero attached hydrogens (tertiary/aromatic N) is 1. The van der Waals surface area contributed by atoms with Gasteiger partial charge in [0.05, 0.1) is 0 Å². The Morgan fingerprint density at radius 3 is 2.18 bits per heavy atom. The standard InChI is InChI=1S/C7H8NO2S/c1-8-11(9,10)7-5-3-2-4-6-7/h2-6H,1H3/q-1. The Kier molecular flexibility index (Phi) is 2.26. The Labute approximate surface area is 66.1 Å². The van der Waals surface area contributed by atoms with Crippen LogP contribution >= 0.6 is 0 Å². The van der Waals surface area contributed by atoms with E-state index in [0.29, 0.717) is 0 Å². The van der Waals surface area contributed by atoms with E-state index >= 15 is 0 Å². The van der Waals surface area contributed by atoms with Gasteiger partial charge in [0.1, 0.15) is 10.0 Å². The van der Waals surface area contributed by atoms with Gasteiger partial charge in [-0.15, -0.1) is 0 Å². The van der Waals surface area contributed by atoms with Gasteiger partial charge in [-0.25, -0.2) is 8.42 Å². The molecule has 0 aromatic heterocycles. The summed E-state index contributed by atoms with van der Waals surface area (Å²) >= 11 is 0. The molecule has 0 spiro atoms. The Morgan fingerprint density at radius 1 is 1.18 bits per heavy atom. The molecular weight excluding hydrogens is 162 g/mol. The molecule has 0 aliphatic carbocycles. The van der Waals surface area contributed by atoms with Crippen LogP contribution in [0.5, 0.6) is 0 Å². The molecular formula is C7H8NO2S-. The van der Waals surface area contributed by atoms with Gasteiger partial charge in [0, 0.05) is 4.90 Å². The highest BCUT2D eigenvalue weighted by Crippen LogP contribution is 2.12. The first kappa shape index (κ1) is 8.23. The van der Waals surface area contributed by atoms with Gasteiger partial charge in [0.25, 0.3) is 0 Å². The van der Waals surface area contributed by atoms with Crippen molar-refractivity contribution >= 4 is 10.0 Å². The fraction of sp³-hybridized carbons (Fsp3) is 0.143. The van der Waals surface area contributed by atoms with E-state index in [1.54, 1.807) is 18.2 Å². The lowest BCUT2D eigenvalue weighted by Crippen LogP contribution is -1.96. The molecule has 0 aliphatic rings. The number of rotatable bonds is 2. The second-order valence-corrected chi connectivity index (χ2v) is 3.76. The van der Waals surface area contributed by atoms with Crippen molar-refractivity contribution in [1.29, 1.82) is 0 Å². The minimum atomic E-state index is -3.37. The largest absolute Gasteiger partial charge is 0.547 e. The van der Waals surface area contributed by atoms with Gasteiger partial charge in [-0.1, -0.05) is 18.2 Å². The van der Waals surface area contributed by atoms with Crippen LogP contribution in [0.2, 0.25) is 0 Å². The second kappa shape index (κ2) is 3.02. The van der Waals surface area contributed by atoms with Crippen LogP contribution in [0.3, 0.4) is 0 Å². The molecule has 0 saturated carbocycles. The minimum absolute atomic E-state index is 0.238. The summed E-state index contributed by atoms with van der Waals surface area (Å²) in [7, 11) is -2.11. The van der Waals surface area contributed by atoms with Crippen molar-refractivity contribution in [3.8, 4) is 0 Å². The third kappa shape index (κ3) is 1.78. The number of hydrogen-bond donors (Lipinski definition) is 0. The van der Waals surface area contributed by atoms with Crippen LogP contribution in [0.1, 0.15) is 0 Å². The molecule has 0 N–H and O–H groups in total. The lowest BCUT2D eigenvalue weighted by Gasteiger charge is -2.12. The van der Waals surface area contributed by atoms with Gasteiger partial charge >= 0.3 is 0 Å². The summed E-state index contributed by atoms with van der Waals surface area (Å²) < 4.78 is 25.3. The van der Waals surface area contributed by atoms with Crippen LogP contribution < -0.4 is 0 Å². The molecule has 1 aromatic carbocycles. The van der Waals surface area contributed by atoms with E-state index in [1.807, 2.05) is 0 Å². The summed E-state index contributed by atoms with van der Waals surface area (Å²) in [5, 5.41) is 0. The average molecular weight is 170 g/mol. The molecule has 1 aromatic rings. The second-order valence-electron chi connectivity index (χ2n) is 1.97. The van der Waals surface area contributed by atoms with E-state index in [2.05, 4.69) is 4.72 Å². The maximum atomic E-state index is 11.0. The average Bonchev–Trinajstić information content (AvgIpc) is 2.06. The van der Waals surface area contributed by atoms with Crippen molar-refractivity contribution in [2.45, 2.75) is 4.90 Å². The van der Waals surface area contributed by atoms with E-state index in [1.165, 1.54) is 19.2 Å². The number of hydrogen-bond acceptors (Lipinski definition) is 2. The quantitative estimate of drug-likeness (QED) is 0.673. The predicted octanol–water partition coefficient (Wildman–Crippen LogP) is 1.38. The zero-order valence-corrected chi connectivity index (χ0v) is 6.88. The number of benzene rings is 1. The van der Waals surface area contributed by atoms with Crippen molar-refractivity contribution in [3.05, 3.63) is 35.1 Å². The highest BCUT2D eigenvalue weighted by molar-refractivity contribution is 7.94. The Balaban J connectivity index is 3.14. The van der Waals surface area contributed by atoms with Crippen LogP contribution in [-0.4, -0.2) is 15.5 Å². The lowest BCUT2D eigenvalue weighted by molar-refractivity contribution is 0.602. The van der Waals surface area contributed by atoms with E-state index in [9.17, 15) is 8.42 Å². The van der Waals surface area contributed by atoms with Crippen molar-refractivity contribution in [1.82, 2.24) is 0 Å². The molecule has 0 fully saturated rings. The van der Waals surface area contributed by atoms with Gasteiger partial charge < -0.3 is 4.72 Å². The monoisotopic (exact) mass is 170 g/mol. The maximum Gasteiger partial charge on any atom is 0.101 e. The van der Waals surface area contributed by atoms with Crippen molar-refractivity contribution in [2.75, 3.05) is 7.05 Å². The van der Waals surface area contributed by atoms with Gasteiger partial charge in [-0.2, -0.15) is 7.05 Å². The van der Waals surface area contributed by atoms with Gasteiger partial charge in [-0.3, -0.25) is 0 Å². The summed E-state index contributed by atoms with van der Waals surface area (Å²) in [6.45, 7) is 0. The molecule has 0 bridgehead atoms. The molecule has 0 heterocycles. The van der Waals surface area contributed by atoms with Crippen LogP contribution in [0.15, 0.2) is 35.2 Å². The molecule has 60 valence electrons. The lowest BCUT2D eigenvalue weighted by atomic mass is 10.4. The van der Waals surface area contributed by atoms with E-state index in [-0.39, 0.29) is 4.90 Å². The van der Waals surface area contributed by atoms with E-state index in [0.717, 1.165) is 0 Å².